The molecule has 3 aromatic heterocycles. The van der Waals surface area contributed by atoms with Gasteiger partial charge in [0.25, 0.3) is 0 Å². The molecule has 7 aromatic rings. The Bertz CT molecular complexity index is 2770. The van der Waals surface area contributed by atoms with Crippen LogP contribution in [0.2, 0.25) is 0 Å². The van der Waals surface area contributed by atoms with Crippen LogP contribution in [0.15, 0.2) is 78.9 Å². The number of hydrogen-bond donors (Lipinski definition) is 1. The van der Waals surface area contributed by atoms with Crippen LogP contribution < -0.4 is 0 Å². The van der Waals surface area contributed by atoms with Crippen LogP contribution in [0.3, 0.4) is 0 Å². The van der Waals surface area contributed by atoms with Gasteiger partial charge in [-0.05, 0) is 67.7 Å². The van der Waals surface area contributed by atoms with Gasteiger partial charge in [-0.2, -0.15) is 0 Å². The number of benzene rings is 4. The van der Waals surface area contributed by atoms with Crippen molar-refractivity contribution in [2.45, 2.75) is 105 Å². The Balaban J connectivity index is 1.49. The molecule has 0 saturated heterocycles. The number of nitrogens with zero attached hydrogens (tertiary/aromatic N) is 7. The highest BCUT2D eigenvalue weighted by Gasteiger charge is 2.25. The van der Waals surface area contributed by atoms with Crippen molar-refractivity contribution in [3.8, 4) is 45.6 Å². The fourth-order valence-electron chi connectivity index (χ4n) is 8.57. The molecular formula is C48H50N8. The minimum atomic E-state index is 0.654. The zero-order valence-electron chi connectivity index (χ0n) is 33.1. The molecule has 0 aliphatic carbocycles. The Morgan fingerprint density at radius 3 is 1.46 bits per heavy atom. The molecule has 8 heteroatoms. The molecule has 1 N–H and O–H groups in total. The Labute approximate surface area is 328 Å². The fraction of sp³-hybridized carbons (Fsp3) is 0.333. The molecule has 0 atom stereocenters. The van der Waals surface area contributed by atoms with Gasteiger partial charge in [0.15, 0.2) is 23.3 Å². The van der Waals surface area contributed by atoms with Gasteiger partial charge in [0.1, 0.15) is 22.6 Å². The highest BCUT2D eigenvalue weighted by atomic mass is 15.1. The molecular weight excluding hydrogens is 689 g/mol. The Morgan fingerprint density at radius 2 is 0.929 bits per heavy atom. The normalized spacial score (nSPS) is 12.1. The van der Waals surface area contributed by atoms with Crippen molar-refractivity contribution in [3.05, 3.63) is 95.6 Å². The summed E-state index contributed by atoms with van der Waals surface area (Å²) in [5.74, 6) is 2.64. The molecule has 4 aromatic carbocycles. The van der Waals surface area contributed by atoms with Crippen molar-refractivity contribution in [1.29, 1.82) is 0 Å². The second kappa shape index (κ2) is 15.4. The lowest BCUT2D eigenvalue weighted by Crippen LogP contribution is -2.03. The van der Waals surface area contributed by atoms with Crippen molar-refractivity contribution in [1.82, 2.24) is 39.5 Å². The van der Waals surface area contributed by atoms with E-state index in [4.69, 9.17) is 29.9 Å². The van der Waals surface area contributed by atoms with E-state index in [0.29, 0.717) is 23.3 Å². The quantitative estimate of drug-likeness (QED) is 0.134. The summed E-state index contributed by atoms with van der Waals surface area (Å²) in [5, 5.41) is 4.33. The number of aryl methyl sites for hydroxylation is 3. The van der Waals surface area contributed by atoms with E-state index in [1.807, 2.05) is 0 Å². The first kappa shape index (κ1) is 35.9. The lowest BCUT2D eigenvalue weighted by atomic mass is 9.88. The predicted molar refractivity (Wildman–Crippen MR) is 230 cm³/mol. The van der Waals surface area contributed by atoms with E-state index in [1.165, 1.54) is 16.7 Å². The highest BCUT2D eigenvalue weighted by Crippen LogP contribution is 2.39. The van der Waals surface area contributed by atoms with Gasteiger partial charge in [-0.15, -0.1) is 0 Å². The van der Waals surface area contributed by atoms with E-state index >= 15 is 0 Å². The molecule has 2 aliphatic heterocycles. The van der Waals surface area contributed by atoms with Gasteiger partial charge in [-0.1, -0.05) is 126 Å². The van der Waals surface area contributed by atoms with Crippen LogP contribution in [0, 0.1) is 0 Å². The molecule has 282 valence electrons. The Kier molecular flexibility index (Phi) is 9.88. The molecule has 2 aliphatic rings. The first-order valence-electron chi connectivity index (χ1n) is 20.9. The number of fused-ring (bicyclic) bond motifs is 20. The maximum Gasteiger partial charge on any atom is 0.164 e. The Hall–Kier alpha value is -5.76. The summed E-state index contributed by atoms with van der Waals surface area (Å²) in [6.07, 6.45) is 12.0. The SMILES string of the molecule is CCCCc1cc2c3nc4nc(nc5c6ccccc6c(nc6nc(nc([nH]3)c2c(CCCC)c1CCCC)-c1ccccc1-6)n5CCCC)-c1ccccc1-4. The molecule has 8 bridgehead atoms. The number of H-pyrrole nitrogens is 1. The van der Waals surface area contributed by atoms with E-state index in [-0.39, 0.29) is 0 Å². The van der Waals surface area contributed by atoms with Crippen molar-refractivity contribution in [2.75, 3.05) is 0 Å². The molecule has 0 radical (unpaired) electrons. The smallest absolute Gasteiger partial charge is 0.164 e. The standard InChI is InChI=1S/C48H50N8/c1-5-9-19-30-29-39-40(32(21-11-7-3)31(30)20-10-6-2)46-52-42-34-23-14-16-25-36(34)44(50-42)55-48-38-27-18-17-26-37(38)47(56(48)28-12-8-4)54-43-35-24-15-13-22-33(35)41(49-43)51-45(39)53-46/h13-18,22-27,29H,5-12,19-21,28H2,1-4H3,(H,49,50,51,52,53,54,55). The lowest BCUT2D eigenvalue weighted by Gasteiger charge is -2.17. The summed E-state index contributed by atoms with van der Waals surface area (Å²) in [4.78, 5) is 36.0. The van der Waals surface area contributed by atoms with E-state index in [2.05, 4.69) is 116 Å². The zero-order chi connectivity index (χ0) is 38.2. The number of hydrogen-bond acceptors (Lipinski definition) is 6. The molecule has 0 amide bonds. The summed E-state index contributed by atoms with van der Waals surface area (Å²) >= 11 is 0. The van der Waals surface area contributed by atoms with Gasteiger partial charge in [0.2, 0.25) is 0 Å². The monoisotopic (exact) mass is 738 g/mol. The van der Waals surface area contributed by atoms with Gasteiger partial charge in [-0.25, -0.2) is 29.9 Å². The zero-order valence-corrected chi connectivity index (χ0v) is 33.1. The van der Waals surface area contributed by atoms with Crippen LogP contribution >= 0.6 is 0 Å². The van der Waals surface area contributed by atoms with Gasteiger partial charge in [-0.3, -0.25) is 0 Å². The minimum Gasteiger partial charge on any atom is -0.324 e. The molecule has 9 rings (SSSR count). The number of aromatic nitrogens is 8. The van der Waals surface area contributed by atoms with Gasteiger partial charge < -0.3 is 9.55 Å². The average Bonchev–Trinajstić information content (AvgIpc) is 3.95. The van der Waals surface area contributed by atoms with Crippen molar-refractivity contribution >= 4 is 44.1 Å². The predicted octanol–water partition coefficient (Wildman–Crippen LogP) is 12.2. The summed E-state index contributed by atoms with van der Waals surface area (Å²) in [7, 11) is 0. The average molecular weight is 739 g/mol. The highest BCUT2D eigenvalue weighted by molar-refractivity contribution is 6.08. The maximum absolute atomic E-state index is 5.47. The van der Waals surface area contributed by atoms with Crippen LogP contribution in [-0.2, 0) is 25.8 Å². The lowest BCUT2D eigenvalue weighted by molar-refractivity contribution is 0.657. The van der Waals surface area contributed by atoms with E-state index in [1.54, 1.807) is 0 Å². The summed E-state index contributed by atoms with van der Waals surface area (Å²) in [6.45, 7) is 9.84. The van der Waals surface area contributed by atoms with Crippen LogP contribution in [0.5, 0.6) is 0 Å². The van der Waals surface area contributed by atoms with E-state index < -0.39 is 0 Å². The third kappa shape index (κ3) is 6.25. The molecule has 56 heavy (non-hydrogen) atoms. The van der Waals surface area contributed by atoms with Crippen LogP contribution in [0.25, 0.3) is 89.7 Å². The number of aromatic amines is 1. The summed E-state index contributed by atoms with van der Waals surface area (Å²) < 4.78 is 2.26. The third-order valence-electron chi connectivity index (χ3n) is 11.5. The van der Waals surface area contributed by atoms with Crippen molar-refractivity contribution in [3.63, 3.8) is 0 Å². The largest absolute Gasteiger partial charge is 0.324 e. The topological polar surface area (TPSA) is 98.1 Å². The molecule has 0 saturated carbocycles. The van der Waals surface area contributed by atoms with Crippen LogP contribution in [0.1, 0.15) is 95.8 Å². The van der Waals surface area contributed by atoms with Gasteiger partial charge in [0, 0.05) is 50.3 Å². The van der Waals surface area contributed by atoms with Crippen LogP contribution in [-0.4, -0.2) is 39.5 Å². The minimum absolute atomic E-state index is 0.654. The summed E-state index contributed by atoms with van der Waals surface area (Å²) in [5.41, 5.74) is 11.5. The summed E-state index contributed by atoms with van der Waals surface area (Å²) in [6, 6.07) is 27.6. The van der Waals surface area contributed by atoms with Crippen molar-refractivity contribution in [2.24, 2.45) is 0 Å². The molecule has 0 unspecified atom stereocenters. The Morgan fingerprint density at radius 1 is 0.464 bits per heavy atom. The second-order valence-corrected chi connectivity index (χ2v) is 15.3. The van der Waals surface area contributed by atoms with Gasteiger partial charge >= 0.3 is 0 Å². The van der Waals surface area contributed by atoms with E-state index in [0.717, 1.165) is 144 Å². The third-order valence-corrected chi connectivity index (χ3v) is 11.5. The maximum atomic E-state index is 5.47. The van der Waals surface area contributed by atoms with Crippen LogP contribution in [0.4, 0.5) is 0 Å². The molecule has 0 spiro atoms. The fourth-order valence-corrected chi connectivity index (χ4v) is 8.57. The first-order chi connectivity index (χ1) is 27.6. The molecule has 0 fully saturated rings. The second-order valence-electron chi connectivity index (χ2n) is 15.3. The number of rotatable bonds is 12. The number of nitrogens with one attached hydrogen (secondary N) is 1. The molecule has 5 heterocycles. The van der Waals surface area contributed by atoms with E-state index in [9.17, 15) is 0 Å². The first-order valence-corrected chi connectivity index (χ1v) is 20.9. The van der Waals surface area contributed by atoms with Gasteiger partial charge in [0.05, 0.1) is 0 Å². The molecule has 8 nitrogen and oxygen atoms in total. The number of unbranched alkanes of at least 4 members (excludes halogenated alkanes) is 4. The van der Waals surface area contributed by atoms with Crippen molar-refractivity contribution < 1.29 is 0 Å².